The van der Waals surface area contributed by atoms with Crippen LogP contribution in [0.1, 0.15) is 36.1 Å². The lowest BCUT2D eigenvalue weighted by Crippen LogP contribution is -2.18. The minimum Gasteiger partial charge on any atom is -0.316 e. The molecule has 0 bridgehead atoms. The maximum atomic E-state index is 2.57. The molecular weight excluding hydrogens is 544 g/mol. The highest BCUT2D eigenvalue weighted by molar-refractivity contribution is 6.09. The topological polar surface area (TPSA) is 9.86 Å². The molecule has 7 aromatic rings. The fourth-order valence-corrected chi connectivity index (χ4v) is 7.96. The molecule has 2 nitrogen and oxygen atoms in total. The Morgan fingerprint density at radius 3 is 2.09 bits per heavy atom. The van der Waals surface area contributed by atoms with Gasteiger partial charge in [0.25, 0.3) is 0 Å². The summed E-state index contributed by atoms with van der Waals surface area (Å²) in [6.07, 6.45) is 13.9. The highest BCUT2D eigenvalue weighted by atomic mass is 15.0. The van der Waals surface area contributed by atoms with Crippen molar-refractivity contribution in [3.05, 3.63) is 162 Å². The van der Waals surface area contributed by atoms with Gasteiger partial charge < -0.3 is 9.13 Å². The van der Waals surface area contributed by atoms with Crippen molar-refractivity contribution in [2.24, 2.45) is 5.92 Å². The Bertz CT molecular complexity index is 2300. The molecule has 9 rings (SSSR count). The average Bonchev–Trinajstić information content (AvgIpc) is 3.62. The normalized spacial score (nSPS) is 17.7. The van der Waals surface area contributed by atoms with Crippen LogP contribution in [0, 0.1) is 5.92 Å². The van der Waals surface area contributed by atoms with Gasteiger partial charge in [0.1, 0.15) is 0 Å². The van der Waals surface area contributed by atoms with Crippen molar-refractivity contribution >= 4 is 44.5 Å². The zero-order valence-electron chi connectivity index (χ0n) is 25.4. The smallest absolute Gasteiger partial charge is 0.0541 e. The SMILES string of the molecule is CC1C(n2c3c(c4ccccc42)C=CCC3)=CC=CC1c1ccccc1-c1cccc(-n2c3ccccc3c3ccccc32)c1. The summed E-state index contributed by atoms with van der Waals surface area (Å²) in [7, 11) is 0. The molecule has 5 aromatic carbocycles. The van der Waals surface area contributed by atoms with Crippen molar-refractivity contribution in [3.8, 4) is 16.8 Å². The molecule has 2 aliphatic carbocycles. The molecule has 2 aliphatic rings. The van der Waals surface area contributed by atoms with E-state index < -0.39 is 0 Å². The second-order valence-electron chi connectivity index (χ2n) is 12.5. The van der Waals surface area contributed by atoms with Gasteiger partial charge in [0.15, 0.2) is 0 Å². The lowest BCUT2D eigenvalue weighted by molar-refractivity contribution is 0.624. The third kappa shape index (κ3) is 4.02. The molecule has 0 amide bonds. The fraction of sp³-hybridized carbons (Fsp3) is 0.116. The molecule has 216 valence electrons. The predicted octanol–water partition coefficient (Wildman–Crippen LogP) is 11.2. The van der Waals surface area contributed by atoms with Gasteiger partial charge in [-0.05, 0) is 65.9 Å². The van der Waals surface area contributed by atoms with E-state index in [0.29, 0.717) is 5.92 Å². The van der Waals surface area contributed by atoms with Gasteiger partial charge in [0.2, 0.25) is 0 Å². The molecule has 2 heterocycles. The fourth-order valence-electron chi connectivity index (χ4n) is 7.96. The van der Waals surface area contributed by atoms with Crippen LogP contribution >= 0.6 is 0 Å². The Morgan fingerprint density at radius 2 is 1.31 bits per heavy atom. The van der Waals surface area contributed by atoms with E-state index >= 15 is 0 Å². The van der Waals surface area contributed by atoms with Crippen molar-refractivity contribution in [3.63, 3.8) is 0 Å². The molecule has 2 atom stereocenters. The maximum Gasteiger partial charge on any atom is 0.0541 e. The first-order valence-corrected chi connectivity index (χ1v) is 16.1. The Kier molecular flexibility index (Phi) is 6.02. The van der Waals surface area contributed by atoms with Gasteiger partial charge in [-0.25, -0.2) is 0 Å². The zero-order chi connectivity index (χ0) is 29.9. The Hall–Kier alpha value is -5.34. The van der Waals surface area contributed by atoms with E-state index in [-0.39, 0.29) is 5.92 Å². The molecule has 0 fully saturated rings. The van der Waals surface area contributed by atoms with Crippen molar-refractivity contribution in [1.82, 2.24) is 9.13 Å². The van der Waals surface area contributed by atoms with Crippen LogP contribution in [0.15, 0.2) is 146 Å². The minimum absolute atomic E-state index is 0.258. The quantitative estimate of drug-likeness (QED) is 0.197. The van der Waals surface area contributed by atoms with E-state index in [4.69, 9.17) is 0 Å². The average molecular weight is 579 g/mol. The Morgan fingerprint density at radius 1 is 0.644 bits per heavy atom. The number of rotatable bonds is 4. The van der Waals surface area contributed by atoms with Gasteiger partial charge in [-0.3, -0.25) is 0 Å². The van der Waals surface area contributed by atoms with E-state index in [9.17, 15) is 0 Å². The van der Waals surface area contributed by atoms with Gasteiger partial charge in [-0.15, -0.1) is 0 Å². The summed E-state index contributed by atoms with van der Waals surface area (Å²) in [5.74, 6) is 0.566. The maximum absolute atomic E-state index is 2.57. The van der Waals surface area contributed by atoms with Crippen LogP contribution in [0.25, 0.3) is 61.3 Å². The number of benzene rings is 5. The lowest BCUT2D eigenvalue weighted by Gasteiger charge is -2.31. The number of para-hydroxylation sites is 3. The van der Waals surface area contributed by atoms with Crippen LogP contribution in [0.5, 0.6) is 0 Å². The van der Waals surface area contributed by atoms with E-state index in [2.05, 4.69) is 168 Å². The minimum atomic E-state index is 0.258. The molecule has 2 aromatic heterocycles. The summed E-state index contributed by atoms with van der Waals surface area (Å²) in [4.78, 5) is 0. The summed E-state index contributed by atoms with van der Waals surface area (Å²) in [6.45, 7) is 2.41. The number of fused-ring (bicyclic) bond motifs is 6. The van der Waals surface area contributed by atoms with Crippen molar-refractivity contribution in [2.75, 3.05) is 0 Å². The summed E-state index contributed by atoms with van der Waals surface area (Å²) in [5.41, 5.74) is 13.1. The van der Waals surface area contributed by atoms with Gasteiger partial charge in [-0.1, -0.05) is 122 Å². The number of aromatic nitrogens is 2. The van der Waals surface area contributed by atoms with E-state index in [1.54, 1.807) is 0 Å². The summed E-state index contributed by atoms with van der Waals surface area (Å²) < 4.78 is 4.98. The number of hydrogen-bond donors (Lipinski definition) is 0. The zero-order valence-corrected chi connectivity index (χ0v) is 25.4. The van der Waals surface area contributed by atoms with Gasteiger partial charge >= 0.3 is 0 Å². The van der Waals surface area contributed by atoms with Crippen molar-refractivity contribution < 1.29 is 0 Å². The molecule has 2 unspecified atom stereocenters. The number of nitrogens with zero attached hydrogens (tertiary/aromatic N) is 2. The van der Waals surface area contributed by atoms with Crippen LogP contribution in [0.3, 0.4) is 0 Å². The second-order valence-corrected chi connectivity index (χ2v) is 12.5. The molecular formula is C43H34N2. The molecule has 0 radical (unpaired) electrons. The third-order valence-corrected chi connectivity index (χ3v) is 10.0. The molecule has 0 saturated carbocycles. The first-order chi connectivity index (χ1) is 22.3. The van der Waals surface area contributed by atoms with Crippen LogP contribution in [0.2, 0.25) is 0 Å². The third-order valence-electron chi connectivity index (χ3n) is 10.0. The summed E-state index contributed by atoms with van der Waals surface area (Å²) in [6, 6.07) is 44.5. The highest BCUT2D eigenvalue weighted by Gasteiger charge is 2.29. The van der Waals surface area contributed by atoms with Crippen LogP contribution < -0.4 is 0 Å². The van der Waals surface area contributed by atoms with Gasteiger partial charge in [0, 0.05) is 50.6 Å². The van der Waals surface area contributed by atoms with E-state index in [0.717, 1.165) is 12.8 Å². The first-order valence-electron chi connectivity index (χ1n) is 16.1. The van der Waals surface area contributed by atoms with Crippen molar-refractivity contribution in [2.45, 2.75) is 25.7 Å². The number of hydrogen-bond acceptors (Lipinski definition) is 0. The first kappa shape index (κ1) is 26.1. The monoisotopic (exact) mass is 578 g/mol. The molecule has 0 N–H and O–H groups in total. The van der Waals surface area contributed by atoms with Gasteiger partial charge in [-0.2, -0.15) is 0 Å². The molecule has 0 spiro atoms. The molecule has 0 saturated heterocycles. The summed E-state index contributed by atoms with van der Waals surface area (Å²) >= 11 is 0. The largest absolute Gasteiger partial charge is 0.316 e. The Balaban J connectivity index is 1.15. The van der Waals surface area contributed by atoms with Gasteiger partial charge in [0.05, 0.1) is 16.6 Å². The van der Waals surface area contributed by atoms with E-state index in [1.807, 2.05) is 0 Å². The lowest BCUT2D eigenvalue weighted by atomic mass is 9.79. The summed E-state index contributed by atoms with van der Waals surface area (Å²) in [5, 5.41) is 3.93. The Labute approximate surface area is 263 Å². The van der Waals surface area contributed by atoms with E-state index in [1.165, 1.54) is 72.0 Å². The van der Waals surface area contributed by atoms with Crippen LogP contribution in [0.4, 0.5) is 0 Å². The second kappa shape index (κ2) is 10.4. The molecule has 2 heteroatoms. The van der Waals surface area contributed by atoms with Crippen LogP contribution in [-0.2, 0) is 6.42 Å². The van der Waals surface area contributed by atoms with Crippen LogP contribution in [-0.4, -0.2) is 9.13 Å². The molecule has 45 heavy (non-hydrogen) atoms. The number of allylic oxidation sites excluding steroid dienone is 5. The predicted molar refractivity (Wildman–Crippen MR) is 191 cm³/mol. The highest BCUT2D eigenvalue weighted by Crippen LogP contribution is 2.44. The standard InChI is InChI=1S/C43H34N2/c1-29-32(22-13-27-39(29)45-42-25-10-6-20-37(42)38-21-7-11-26-43(38)45)34-17-3-2-16-33(34)30-14-12-15-31(28-30)44-40-23-8-4-18-35(40)36-19-5-9-24-41(36)44/h2-10,12-25,27-29,32H,11,26H2,1H3. The molecule has 0 aliphatic heterocycles. The van der Waals surface area contributed by atoms with Crippen molar-refractivity contribution in [1.29, 1.82) is 0 Å².